The molecule has 2 nitrogen and oxygen atoms in total. The molecular formula is C18H30N2. The number of rotatable bonds is 7. The van der Waals surface area contributed by atoms with Gasteiger partial charge in [-0.15, -0.1) is 0 Å². The Morgan fingerprint density at radius 3 is 2.40 bits per heavy atom. The van der Waals surface area contributed by atoms with Gasteiger partial charge in [0.1, 0.15) is 0 Å². The lowest BCUT2D eigenvalue weighted by molar-refractivity contribution is 0.222. The zero-order valence-electron chi connectivity index (χ0n) is 13.4. The van der Waals surface area contributed by atoms with Crippen molar-refractivity contribution in [3.8, 4) is 0 Å². The number of aryl methyl sites for hydroxylation is 1. The van der Waals surface area contributed by atoms with Crippen LogP contribution in [0.25, 0.3) is 0 Å². The van der Waals surface area contributed by atoms with Crippen molar-refractivity contribution in [1.82, 2.24) is 10.2 Å². The molecule has 1 aromatic rings. The van der Waals surface area contributed by atoms with Crippen LogP contribution in [0.5, 0.6) is 0 Å². The Morgan fingerprint density at radius 1 is 1.20 bits per heavy atom. The maximum absolute atomic E-state index is 3.48. The summed E-state index contributed by atoms with van der Waals surface area (Å²) in [6, 6.07) is 10.4. The molecule has 1 atom stereocenters. The molecule has 112 valence electrons. The summed E-state index contributed by atoms with van der Waals surface area (Å²) in [7, 11) is 4.36. The van der Waals surface area contributed by atoms with Gasteiger partial charge >= 0.3 is 0 Å². The third kappa shape index (κ3) is 4.07. The normalized spacial score (nSPS) is 17.8. The minimum Gasteiger partial charge on any atom is -0.312 e. The highest BCUT2D eigenvalue weighted by Gasteiger charge is 2.22. The Morgan fingerprint density at radius 2 is 1.85 bits per heavy atom. The predicted octanol–water partition coefficient (Wildman–Crippen LogP) is 3.77. The first-order valence-corrected chi connectivity index (χ1v) is 8.21. The zero-order valence-corrected chi connectivity index (χ0v) is 13.4. The Bertz CT molecular complexity index is 379. The molecule has 0 aromatic heterocycles. The molecule has 1 unspecified atom stereocenters. The van der Waals surface area contributed by atoms with Crippen LogP contribution in [0.3, 0.4) is 0 Å². The van der Waals surface area contributed by atoms with E-state index in [2.05, 4.69) is 55.5 Å². The van der Waals surface area contributed by atoms with Crippen molar-refractivity contribution >= 4 is 0 Å². The summed E-state index contributed by atoms with van der Waals surface area (Å²) in [5.41, 5.74) is 2.87. The monoisotopic (exact) mass is 274 g/mol. The Hall–Kier alpha value is -0.860. The molecule has 20 heavy (non-hydrogen) atoms. The van der Waals surface area contributed by atoms with Gasteiger partial charge < -0.3 is 10.2 Å². The van der Waals surface area contributed by atoms with Crippen molar-refractivity contribution in [2.45, 2.75) is 57.5 Å². The molecule has 1 aromatic carbocycles. The highest BCUT2D eigenvalue weighted by Crippen LogP contribution is 2.24. The number of benzene rings is 1. The van der Waals surface area contributed by atoms with E-state index >= 15 is 0 Å². The summed E-state index contributed by atoms with van der Waals surface area (Å²) in [6.07, 6.45) is 7.98. The maximum atomic E-state index is 3.48. The second-order valence-electron chi connectivity index (χ2n) is 6.21. The molecule has 0 radical (unpaired) electrons. The molecule has 0 aliphatic heterocycles. The fraction of sp³-hybridized carbons (Fsp3) is 0.667. The lowest BCUT2D eigenvalue weighted by Gasteiger charge is -2.29. The summed E-state index contributed by atoms with van der Waals surface area (Å²) in [4.78, 5) is 2.55. The van der Waals surface area contributed by atoms with E-state index in [1.165, 1.54) is 49.7 Å². The number of hydrogen-bond donors (Lipinski definition) is 1. The summed E-state index contributed by atoms with van der Waals surface area (Å²) in [6.45, 7) is 3.34. The average Bonchev–Trinajstić information content (AvgIpc) is 3.00. The zero-order chi connectivity index (χ0) is 14.4. The van der Waals surface area contributed by atoms with E-state index in [9.17, 15) is 0 Å². The number of hydrogen-bond acceptors (Lipinski definition) is 2. The van der Waals surface area contributed by atoms with Crippen LogP contribution >= 0.6 is 0 Å². The van der Waals surface area contributed by atoms with Crippen molar-refractivity contribution < 1.29 is 0 Å². The molecule has 0 spiro atoms. The van der Waals surface area contributed by atoms with Crippen LogP contribution in [0.15, 0.2) is 24.3 Å². The second kappa shape index (κ2) is 7.80. The Kier molecular flexibility index (Phi) is 6.06. The van der Waals surface area contributed by atoms with Crippen LogP contribution in [0.2, 0.25) is 0 Å². The fourth-order valence-electron chi connectivity index (χ4n) is 3.35. The van der Waals surface area contributed by atoms with Gasteiger partial charge in [0, 0.05) is 18.6 Å². The van der Waals surface area contributed by atoms with Gasteiger partial charge in [0.05, 0.1) is 0 Å². The average molecular weight is 274 g/mol. The number of nitrogens with one attached hydrogen (secondary N) is 1. The van der Waals surface area contributed by atoms with Gasteiger partial charge in [-0.25, -0.2) is 0 Å². The van der Waals surface area contributed by atoms with Gasteiger partial charge in [-0.05, 0) is 44.5 Å². The van der Waals surface area contributed by atoms with Gasteiger partial charge in [0.15, 0.2) is 0 Å². The van der Waals surface area contributed by atoms with Crippen molar-refractivity contribution in [2.24, 2.45) is 0 Å². The highest BCUT2D eigenvalue weighted by molar-refractivity contribution is 5.25. The van der Waals surface area contributed by atoms with Crippen LogP contribution in [0.1, 0.15) is 56.2 Å². The van der Waals surface area contributed by atoms with Crippen LogP contribution in [0, 0.1) is 0 Å². The van der Waals surface area contributed by atoms with E-state index in [1.54, 1.807) is 0 Å². The van der Waals surface area contributed by atoms with Gasteiger partial charge in [0.2, 0.25) is 0 Å². The molecule has 1 aliphatic rings. The predicted molar refractivity (Wildman–Crippen MR) is 87.1 cm³/mol. The molecule has 1 fully saturated rings. The molecular weight excluding hydrogens is 244 g/mol. The van der Waals surface area contributed by atoms with Gasteiger partial charge in [0.25, 0.3) is 0 Å². The quantitative estimate of drug-likeness (QED) is 0.814. The van der Waals surface area contributed by atoms with Crippen LogP contribution in [0.4, 0.5) is 0 Å². The summed E-state index contributed by atoms with van der Waals surface area (Å²) < 4.78 is 0. The smallest absolute Gasteiger partial charge is 0.0446 e. The van der Waals surface area contributed by atoms with E-state index in [4.69, 9.17) is 0 Å². The molecule has 1 saturated carbocycles. The molecule has 2 heteroatoms. The van der Waals surface area contributed by atoms with E-state index < -0.39 is 0 Å². The molecule has 0 saturated heterocycles. The van der Waals surface area contributed by atoms with Crippen LogP contribution in [-0.2, 0) is 6.42 Å². The fourth-order valence-corrected chi connectivity index (χ4v) is 3.35. The first-order valence-electron chi connectivity index (χ1n) is 8.21. The first kappa shape index (κ1) is 15.5. The van der Waals surface area contributed by atoms with Crippen LogP contribution < -0.4 is 5.32 Å². The maximum Gasteiger partial charge on any atom is 0.0446 e. The molecule has 0 amide bonds. The van der Waals surface area contributed by atoms with Gasteiger partial charge in [-0.3, -0.25) is 0 Å². The second-order valence-corrected chi connectivity index (χ2v) is 6.21. The minimum absolute atomic E-state index is 0.441. The standard InChI is InChI=1S/C18H30N2/c1-4-7-15-10-12-16(13-11-15)18(19-2)14-20(3)17-8-5-6-9-17/h10-13,17-19H,4-9,14H2,1-3H3. The highest BCUT2D eigenvalue weighted by atomic mass is 15.2. The van der Waals surface area contributed by atoms with Gasteiger partial charge in [-0.2, -0.15) is 0 Å². The van der Waals surface area contributed by atoms with Crippen LogP contribution in [-0.4, -0.2) is 31.6 Å². The lowest BCUT2D eigenvalue weighted by Crippen LogP contribution is -2.36. The van der Waals surface area contributed by atoms with E-state index in [0.717, 1.165) is 12.6 Å². The lowest BCUT2D eigenvalue weighted by atomic mass is 10.0. The number of nitrogens with zero attached hydrogens (tertiary/aromatic N) is 1. The largest absolute Gasteiger partial charge is 0.312 e. The Balaban J connectivity index is 1.96. The summed E-state index contributed by atoms with van der Waals surface area (Å²) in [5.74, 6) is 0. The third-order valence-corrected chi connectivity index (χ3v) is 4.69. The molecule has 2 rings (SSSR count). The van der Waals surface area contributed by atoms with Crippen molar-refractivity contribution in [1.29, 1.82) is 0 Å². The molecule has 1 aliphatic carbocycles. The molecule has 0 bridgehead atoms. The SMILES string of the molecule is CCCc1ccc(C(CN(C)C2CCCC2)NC)cc1. The third-order valence-electron chi connectivity index (χ3n) is 4.69. The van der Waals surface area contributed by atoms with Crippen molar-refractivity contribution in [2.75, 3.05) is 20.6 Å². The summed E-state index contributed by atoms with van der Waals surface area (Å²) >= 11 is 0. The van der Waals surface area contributed by atoms with Crippen molar-refractivity contribution in [3.05, 3.63) is 35.4 Å². The van der Waals surface area contributed by atoms with E-state index in [-0.39, 0.29) is 0 Å². The minimum atomic E-state index is 0.441. The molecule has 1 N–H and O–H groups in total. The van der Waals surface area contributed by atoms with Gasteiger partial charge in [-0.1, -0.05) is 50.5 Å². The van der Waals surface area contributed by atoms with Crippen molar-refractivity contribution in [3.63, 3.8) is 0 Å². The Labute approximate surface area is 124 Å². The number of likely N-dealkylation sites (N-methyl/N-ethyl adjacent to an activating group) is 2. The molecule has 0 heterocycles. The summed E-state index contributed by atoms with van der Waals surface area (Å²) in [5, 5.41) is 3.48. The first-order chi connectivity index (χ1) is 9.74. The topological polar surface area (TPSA) is 15.3 Å². The van der Waals surface area contributed by atoms with E-state index in [0.29, 0.717) is 6.04 Å². The van der Waals surface area contributed by atoms with E-state index in [1.807, 2.05) is 0 Å².